The van der Waals surface area contributed by atoms with Gasteiger partial charge in [-0.3, -0.25) is 0 Å². The minimum absolute atomic E-state index is 0.151. The van der Waals surface area contributed by atoms with Gasteiger partial charge >= 0.3 is 0 Å². The summed E-state index contributed by atoms with van der Waals surface area (Å²) in [5.41, 5.74) is 6.66. The van der Waals surface area contributed by atoms with Crippen LogP contribution in [-0.4, -0.2) is 10.1 Å². The molecule has 4 nitrogen and oxygen atoms in total. The maximum absolute atomic E-state index is 6.07. The second kappa shape index (κ2) is 5.12. The van der Waals surface area contributed by atoms with Crippen LogP contribution < -0.4 is 5.73 Å². The van der Waals surface area contributed by atoms with Gasteiger partial charge in [-0.2, -0.15) is 4.98 Å². The van der Waals surface area contributed by atoms with Gasteiger partial charge in [0.05, 0.1) is 16.1 Å². The molecular weight excluding hydrogens is 285 g/mol. The average Bonchev–Trinajstić information content (AvgIpc) is 2.79. The van der Waals surface area contributed by atoms with Crippen LogP contribution in [-0.2, 0) is 0 Å². The van der Waals surface area contributed by atoms with Crippen LogP contribution in [0.2, 0.25) is 10.0 Å². The van der Waals surface area contributed by atoms with Gasteiger partial charge in [-0.1, -0.05) is 49.1 Å². The van der Waals surface area contributed by atoms with Crippen molar-refractivity contribution in [2.45, 2.75) is 26.8 Å². The van der Waals surface area contributed by atoms with Gasteiger partial charge in [0.1, 0.15) is 0 Å². The van der Waals surface area contributed by atoms with Gasteiger partial charge in [0.2, 0.25) is 11.7 Å². The van der Waals surface area contributed by atoms with Gasteiger partial charge < -0.3 is 10.3 Å². The summed E-state index contributed by atoms with van der Waals surface area (Å²) < 4.78 is 5.22. The number of nitrogens with zero attached hydrogens (tertiary/aromatic N) is 2. The average molecular weight is 300 g/mol. The minimum Gasteiger partial charge on any atom is -0.337 e. The fourth-order valence-electron chi connectivity index (χ4n) is 1.48. The molecule has 2 N–H and O–H groups in total. The Morgan fingerprint density at radius 1 is 1.21 bits per heavy atom. The molecule has 0 amide bonds. The first-order valence-corrected chi connectivity index (χ1v) is 6.59. The largest absolute Gasteiger partial charge is 0.337 e. The van der Waals surface area contributed by atoms with E-state index < -0.39 is 0 Å². The molecule has 1 heterocycles. The lowest BCUT2D eigenvalue weighted by atomic mass is 9.87. The van der Waals surface area contributed by atoms with Crippen LogP contribution >= 0.6 is 23.2 Å². The maximum Gasteiger partial charge on any atom is 0.244 e. The minimum atomic E-state index is -0.323. The number of nitrogens with two attached hydrogens (primary N) is 1. The lowest BCUT2D eigenvalue weighted by Crippen LogP contribution is -2.26. The van der Waals surface area contributed by atoms with Crippen molar-refractivity contribution in [3.8, 4) is 11.4 Å². The highest BCUT2D eigenvalue weighted by Crippen LogP contribution is 2.31. The van der Waals surface area contributed by atoms with E-state index in [1.807, 2.05) is 20.8 Å². The smallest absolute Gasteiger partial charge is 0.244 e. The van der Waals surface area contributed by atoms with Crippen LogP contribution in [0.15, 0.2) is 22.7 Å². The van der Waals surface area contributed by atoms with Gasteiger partial charge in [-0.15, -0.1) is 0 Å². The van der Waals surface area contributed by atoms with Crippen molar-refractivity contribution in [3.63, 3.8) is 0 Å². The number of hydrogen-bond donors (Lipinski definition) is 1. The fourth-order valence-corrected chi connectivity index (χ4v) is 1.78. The van der Waals surface area contributed by atoms with Gasteiger partial charge in [0.25, 0.3) is 0 Å². The number of aromatic nitrogens is 2. The lowest BCUT2D eigenvalue weighted by Gasteiger charge is -2.23. The van der Waals surface area contributed by atoms with E-state index in [-0.39, 0.29) is 11.5 Å². The second-order valence-corrected chi connectivity index (χ2v) is 6.24. The van der Waals surface area contributed by atoms with E-state index in [9.17, 15) is 0 Å². The summed E-state index contributed by atoms with van der Waals surface area (Å²) >= 11 is 11.8. The summed E-state index contributed by atoms with van der Waals surface area (Å²) in [7, 11) is 0. The molecule has 2 rings (SSSR count). The first-order chi connectivity index (χ1) is 8.79. The molecule has 0 saturated carbocycles. The molecule has 6 heteroatoms. The normalized spacial score (nSPS) is 13.6. The Kier molecular flexibility index (Phi) is 3.85. The topological polar surface area (TPSA) is 64.9 Å². The molecule has 0 aliphatic rings. The zero-order valence-electron chi connectivity index (χ0n) is 10.9. The Hall–Kier alpha value is -1.10. The van der Waals surface area contributed by atoms with E-state index in [2.05, 4.69) is 10.1 Å². The summed E-state index contributed by atoms with van der Waals surface area (Å²) in [6.07, 6.45) is 0. The van der Waals surface area contributed by atoms with E-state index in [4.69, 9.17) is 33.5 Å². The molecular formula is C13H15Cl2N3O. The highest BCUT2D eigenvalue weighted by molar-refractivity contribution is 6.42. The van der Waals surface area contributed by atoms with Crippen LogP contribution in [0.5, 0.6) is 0 Å². The van der Waals surface area contributed by atoms with Crippen LogP contribution in [0, 0.1) is 5.41 Å². The Morgan fingerprint density at radius 2 is 1.89 bits per heavy atom. The van der Waals surface area contributed by atoms with Gasteiger partial charge in [0, 0.05) is 5.56 Å². The van der Waals surface area contributed by atoms with Crippen molar-refractivity contribution in [3.05, 3.63) is 34.1 Å². The number of halogens is 2. The Morgan fingerprint density at radius 3 is 2.47 bits per heavy atom. The summed E-state index contributed by atoms with van der Waals surface area (Å²) in [4.78, 5) is 4.31. The molecule has 0 saturated heterocycles. The van der Waals surface area contributed by atoms with Crippen molar-refractivity contribution in [1.29, 1.82) is 0 Å². The van der Waals surface area contributed by atoms with Crippen LogP contribution in [0.1, 0.15) is 32.7 Å². The predicted octanol–water partition coefficient (Wildman–Crippen LogP) is 4.09. The molecule has 0 bridgehead atoms. The molecule has 0 aliphatic heterocycles. The number of hydrogen-bond acceptors (Lipinski definition) is 4. The lowest BCUT2D eigenvalue weighted by molar-refractivity contribution is 0.253. The maximum atomic E-state index is 6.07. The van der Waals surface area contributed by atoms with Crippen molar-refractivity contribution in [2.24, 2.45) is 11.1 Å². The third kappa shape index (κ3) is 3.08. The third-order valence-electron chi connectivity index (χ3n) is 2.82. The van der Waals surface area contributed by atoms with Crippen LogP contribution in [0.4, 0.5) is 0 Å². The number of benzene rings is 1. The van der Waals surface area contributed by atoms with E-state index in [1.54, 1.807) is 18.2 Å². The van der Waals surface area contributed by atoms with E-state index in [0.717, 1.165) is 5.56 Å². The third-order valence-corrected chi connectivity index (χ3v) is 3.56. The number of rotatable bonds is 2. The SMILES string of the molecule is CC(C)(C)[C@H](N)c1nc(-c2ccc(Cl)c(Cl)c2)no1. The summed E-state index contributed by atoms with van der Waals surface area (Å²) in [5, 5.41) is 4.86. The van der Waals surface area contributed by atoms with Crippen molar-refractivity contribution in [1.82, 2.24) is 10.1 Å². The zero-order valence-corrected chi connectivity index (χ0v) is 12.5. The first-order valence-electron chi connectivity index (χ1n) is 5.83. The zero-order chi connectivity index (χ0) is 14.2. The van der Waals surface area contributed by atoms with Gasteiger partial charge in [0.15, 0.2) is 0 Å². The monoisotopic (exact) mass is 299 g/mol. The summed E-state index contributed by atoms with van der Waals surface area (Å²) in [5.74, 6) is 0.863. The predicted molar refractivity (Wildman–Crippen MR) is 76.1 cm³/mol. The quantitative estimate of drug-likeness (QED) is 0.907. The van der Waals surface area contributed by atoms with E-state index in [1.165, 1.54) is 0 Å². The molecule has 1 aromatic heterocycles. The van der Waals surface area contributed by atoms with Crippen molar-refractivity contribution < 1.29 is 4.52 Å². The van der Waals surface area contributed by atoms with E-state index in [0.29, 0.717) is 21.8 Å². The summed E-state index contributed by atoms with van der Waals surface area (Å²) in [6.45, 7) is 6.04. The molecule has 1 atom stereocenters. The molecule has 2 aromatic rings. The highest BCUT2D eigenvalue weighted by atomic mass is 35.5. The molecule has 0 aliphatic carbocycles. The van der Waals surface area contributed by atoms with Crippen molar-refractivity contribution >= 4 is 23.2 Å². The first kappa shape index (κ1) is 14.3. The molecule has 102 valence electrons. The Bertz CT molecular complexity index is 590. The van der Waals surface area contributed by atoms with Crippen LogP contribution in [0.3, 0.4) is 0 Å². The second-order valence-electron chi connectivity index (χ2n) is 5.43. The molecule has 0 radical (unpaired) electrons. The fraction of sp³-hybridized carbons (Fsp3) is 0.385. The Balaban J connectivity index is 2.33. The molecule has 0 unspecified atom stereocenters. The van der Waals surface area contributed by atoms with Gasteiger partial charge in [-0.05, 0) is 23.6 Å². The molecule has 19 heavy (non-hydrogen) atoms. The summed E-state index contributed by atoms with van der Waals surface area (Å²) in [6, 6.07) is 4.85. The standard InChI is InChI=1S/C13H15Cl2N3O/c1-13(2,3)10(16)12-17-11(18-19-12)7-4-5-8(14)9(15)6-7/h4-6,10H,16H2,1-3H3/t10-/m1/s1. The van der Waals surface area contributed by atoms with Gasteiger partial charge in [-0.25, -0.2) is 0 Å². The van der Waals surface area contributed by atoms with E-state index >= 15 is 0 Å². The Labute approximate surface area is 121 Å². The van der Waals surface area contributed by atoms with Crippen molar-refractivity contribution in [2.75, 3.05) is 0 Å². The highest BCUT2D eigenvalue weighted by Gasteiger charge is 2.27. The molecule has 1 aromatic carbocycles. The van der Waals surface area contributed by atoms with Crippen LogP contribution in [0.25, 0.3) is 11.4 Å². The molecule has 0 fully saturated rings. The molecule has 0 spiro atoms.